The highest BCUT2D eigenvalue weighted by Crippen LogP contribution is 2.45. The molecular weight excluding hydrogens is 378 g/mol. The van der Waals surface area contributed by atoms with Crippen molar-refractivity contribution in [2.45, 2.75) is 22.4 Å². The molecule has 0 spiro atoms. The lowest BCUT2D eigenvalue weighted by atomic mass is 10.1. The number of methoxy groups -OCH3 is 1. The minimum absolute atomic E-state index is 0.0239. The van der Waals surface area contributed by atoms with Crippen LogP contribution in [0.1, 0.15) is 12.0 Å². The number of hydrogen-bond donors (Lipinski definition) is 1. The Hall–Kier alpha value is -1.16. The van der Waals surface area contributed by atoms with E-state index in [-0.39, 0.29) is 11.3 Å². The second-order valence-corrected chi connectivity index (χ2v) is 8.83. The maximum atomic E-state index is 12.3. The number of amides is 1. The lowest BCUT2D eigenvalue weighted by Gasteiger charge is -2.44. The van der Waals surface area contributed by atoms with Crippen molar-refractivity contribution in [1.29, 1.82) is 0 Å². The zero-order valence-electron chi connectivity index (χ0n) is 13.8. The van der Waals surface area contributed by atoms with Gasteiger partial charge in [-0.1, -0.05) is 11.8 Å². The summed E-state index contributed by atoms with van der Waals surface area (Å²) in [5.41, 5.74) is 7.05. The number of β-lactam (4-membered cyclic amide) rings is 1. The number of nitrogens with zero attached hydrogens (tertiary/aromatic N) is 2. The monoisotopic (exact) mass is 397 g/mol. The van der Waals surface area contributed by atoms with Crippen molar-refractivity contribution in [2.24, 2.45) is 5.73 Å². The molecule has 0 unspecified atom stereocenters. The van der Waals surface area contributed by atoms with Crippen LogP contribution in [-0.4, -0.2) is 52.3 Å². The van der Waals surface area contributed by atoms with E-state index in [1.807, 2.05) is 12.3 Å². The molecule has 134 valence electrons. The largest absolute Gasteiger partial charge is 0.464 e. The quantitative estimate of drug-likeness (QED) is 0.425. The van der Waals surface area contributed by atoms with Crippen LogP contribution in [0.4, 0.5) is 0 Å². The summed E-state index contributed by atoms with van der Waals surface area (Å²) in [5.74, 6) is 1.92. The Morgan fingerprint density at radius 3 is 3.12 bits per heavy atom. The first-order valence-electron chi connectivity index (χ1n) is 7.79. The van der Waals surface area contributed by atoms with Gasteiger partial charge in [-0.15, -0.1) is 11.8 Å². The average Bonchev–Trinajstić information content (AvgIpc) is 2.62. The number of esters is 1. The van der Waals surface area contributed by atoms with E-state index in [0.717, 1.165) is 26.9 Å². The first kappa shape index (κ1) is 18.6. The normalized spacial score (nSPS) is 19.5. The first-order valence-corrected chi connectivity index (χ1v) is 10.8. The number of aromatic nitrogens is 1. The molecule has 0 aromatic carbocycles. The van der Waals surface area contributed by atoms with Gasteiger partial charge in [-0.25, -0.2) is 4.79 Å². The highest BCUT2D eigenvalue weighted by molar-refractivity contribution is 8.06. The minimum Gasteiger partial charge on any atom is -0.464 e. The fourth-order valence-corrected chi connectivity index (χ4v) is 5.90. The highest BCUT2D eigenvalue weighted by Gasteiger charge is 2.45. The van der Waals surface area contributed by atoms with Crippen LogP contribution in [0.5, 0.6) is 0 Å². The maximum absolute atomic E-state index is 12.3. The molecule has 0 bridgehead atoms. The predicted octanol–water partition coefficient (Wildman–Crippen LogP) is 2.06. The number of hydrogen-bond acceptors (Lipinski definition) is 8. The third-order valence-corrected chi connectivity index (χ3v) is 7.45. The van der Waals surface area contributed by atoms with E-state index in [0.29, 0.717) is 24.4 Å². The van der Waals surface area contributed by atoms with E-state index in [1.54, 1.807) is 34.6 Å². The first-order chi connectivity index (χ1) is 12.2. The van der Waals surface area contributed by atoms with Gasteiger partial charge in [-0.2, -0.15) is 11.8 Å². The van der Waals surface area contributed by atoms with Crippen molar-refractivity contribution in [3.05, 3.63) is 34.6 Å². The summed E-state index contributed by atoms with van der Waals surface area (Å²) in [6.45, 7) is 0.639. The fraction of sp³-hybridized carbons (Fsp3) is 0.438. The molecule has 1 saturated heterocycles. The number of fused-ring (bicyclic) bond motifs is 1. The van der Waals surface area contributed by atoms with Gasteiger partial charge < -0.3 is 10.5 Å². The third kappa shape index (κ3) is 3.99. The van der Waals surface area contributed by atoms with E-state index in [1.165, 1.54) is 18.9 Å². The van der Waals surface area contributed by atoms with Crippen LogP contribution in [0.25, 0.3) is 0 Å². The number of carbonyl (C=O) groups excluding carboxylic acids is 2. The molecule has 0 saturated carbocycles. The lowest BCUT2D eigenvalue weighted by molar-refractivity contribution is -0.147. The van der Waals surface area contributed by atoms with Crippen LogP contribution in [0.2, 0.25) is 0 Å². The van der Waals surface area contributed by atoms with Gasteiger partial charge in [0.2, 0.25) is 5.91 Å². The van der Waals surface area contributed by atoms with Crippen LogP contribution < -0.4 is 5.73 Å². The van der Waals surface area contributed by atoms with Gasteiger partial charge in [-0.3, -0.25) is 14.7 Å². The third-order valence-electron chi connectivity index (χ3n) is 3.81. The molecule has 2 aliphatic heterocycles. The molecule has 6 nitrogen and oxygen atoms in total. The summed E-state index contributed by atoms with van der Waals surface area (Å²) in [6.07, 6.45) is 4.07. The Labute approximate surface area is 159 Å². The number of ether oxygens (including phenoxy) is 1. The molecule has 9 heteroatoms. The fourth-order valence-electron chi connectivity index (χ4n) is 2.57. The van der Waals surface area contributed by atoms with Crippen LogP contribution in [0.15, 0.2) is 34.0 Å². The summed E-state index contributed by atoms with van der Waals surface area (Å²) in [5, 5.41) is 0.0583. The SMILES string of the molecule is COC(=O)C1=C(Sc2ccncc2CSCCN)CS[C@@H]2CC(=O)N12. The van der Waals surface area contributed by atoms with Crippen LogP contribution in [-0.2, 0) is 20.1 Å². The van der Waals surface area contributed by atoms with E-state index >= 15 is 0 Å². The molecule has 1 atom stereocenters. The van der Waals surface area contributed by atoms with E-state index in [2.05, 4.69) is 4.98 Å². The standard InChI is InChI=1S/C16H19N3O3S3/c1-22-16(21)15-12(9-24-14-6-13(20)19(14)15)25-11-2-4-18-7-10(11)8-23-5-3-17/h2,4,7,14H,3,5-6,8-9,17H2,1H3/t14-/m1/s1. The van der Waals surface area contributed by atoms with Gasteiger partial charge in [0.05, 0.1) is 18.9 Å². The van der Waals surface area contributed by atoms with Gasteiger partial charge in [0.1, 0.15) is 5.70 Å². The van der Waals surface area contributed by atoms with Crippen LogP contribution >= 0.6 is 35.3 Å². The Bertz CT molecular complexity index is 711. The van der Waals surface area contributed by atoms with E-state index in [9.17, 15) is 9.59 Å². The average molecular weight is 398 g/mol. The molecule has 2 aliphatic rings. The van der Waals surface area contributed by atoms with Crippen LogP contribution in [0, 0.1) is 0 Å². The molecule has 1 aromatic heterocycles. The summed E-state index contributed by atoms with van der Waals surface area (Å²) < 4.78 is 4.92. The number of nitrogens with two attached hydrogens (primary N) is 1. The zero-order chi connectivity index (χ0) is 17.8. The van der Waals surface area contributed by atoms with Crippen LogP contribution in [0.3, 0.4) is 0 Å². The number of carbonyl (C=O) groups is 2. The number of pyridine rings is 1. The number of rotatable bonds is 7. The Kier molecular flexibility index (Phi) is 6.32. The molecule has 3 heterocycles. The Morgan fingerprint density at radius 1 is 1.56 bits per heavy atom. The molecule has 2 N–H and O–H groups in total. The smallest absolute Gasteiger partial charge is 0.355 e. The van der Waals surface area contributed by atoms with E-state index < -0.39 is 5.97 Å². The molecule has 25 heavy (non-hydrogen) atoms. The summed E-state index contributed by atoms with van der Waals surface area (Å²) >= 11 is 4.96. The van der Waals surface area contributed by atoms with Gasteiger partial charge in [-0.05, 0) is 11.6 Å². The minimum atomic E-state index is -0.450. The summed E-state index contributed by atoms with van der Waals surface area (Å²) in [4.78, 5) is 31.9. The summed E-state index contributed by atoms with van der Waals surface area (Å²) in [6, 6.07) is 1.94. The molecule has 1 aromatic rings. The van der Waals surface area contributed by atoms with Crippen molar-refractivity contribution < 1.29 is 14.3 Å². The zero-order valence-corrected chi connectivity index (χ0v) is 16.2. The molecule has 0 aliphatic carbocycles. The Balaban J connectivity index is 1.87. The second-order valence-electron chi connectivity index (χ2n) is 5.42. The van der Waals surface area contributed by atoms with Gasteiger partial charge >= 0.3 is 5.97 Å². The molecule has 1 amide bonds. The highest BCUT2D eigenvalue weighted by atomic mass is 32.2. The van der Waals surface area contributed by atoms with Crippen molar-refractivity contribution in [3.63, 3.8) is 0 Å². The molecular formula is C16H19N3O3S3. The van der Waals surface area contributed by atoms with Crippen molar-refractivity contribution in [2.75, 3.05) is 25.2 Å². The van der Waals surface area contributed by atoms with Crippen molar-refractivity contribution >= 4 is 47.2 Å². The predicted molar refractivity (Wildman–Crippen MR) is 102 cm³/mol. The topological polar surface area (TPSA) is 85.5 Å². The van der Waals surface area contributed by atoms with Gasteiger partial charge in [0.15, 0.2) is 0 Å². The number of thioether (sulfide) groups is 3. The summed E-state index contributed by atoms with van der Waals surface area (Å²) in [7, 11) is 1.35. The Morgan fingerprint density at radius 2 is 2.40 bits per heavy atom. The lowest BCUT2D eigenvalue weighted by Crippen LogP contribution is -2.53. The van der Waals surface area contributed by atoms with Crippen molar-refractivity contribution in [1.82, 2.24) is 9.88 Å². The molecule has 1 fully saturated rings. The van der Waals surface area contributed by atoms with Crippen molar-refractivity contribution in [3.8, 4) is 0 Å². The second kappa shape index (κ2) is 8.48. The maximum Gasteiger partial charge on any atom is 0.355 e. The van der Waals surface area contributed by atoms with E-state index in [4.69, 9.17) is 10.5 Å². The van der Waals surface area contributed by atoms with Gasteiger partial charge in [0, 0.05) is 46.0 Å². The van der Waals surface area contributed by atoms with Gasteiger partial charge in [0.25, 0.3) is 0 Å². The molecule has 3 rings (SSSR count). The molecule has 0 radical (unpaired) electrons.